The van der Waals surface area contributed by atoms with Crippen LogP contribution >= 0.6 is 0 Å². The second kappa shape index (κ2) is 12.7. The summed E-state index contributed by atoms with van der Waals surface area (Å²) in [5.74, 6) is -5.51. The molecule has 1 atom stereocenters. The number of amides is 2. The molecule has 13 heteroatoms. The zero-order chi connectivity index (χ0) is 35.0. The molecule has 1 aliphatic heterocycles. The van der Waals surface area contributed by atoms with Gasteiger partial charge in [0.1, 0.15) is 28.6 Å². The highest BCUT2D eigenvalue weighted by Gasteiger charge is 2.47. The first-order valence-electron chi connectivity index (χ1n) is 15.0. The Bertz CT molecular complexity index is 1880. The molecule has 0 fully saturated rings. The van der Waals surface area contributed by atoms with Gasteiger partial charge in [-0.15, -0.1) is 10.2 Å². The Kier molecular flexibility index (Phi) is 8.97. The molecule has 0 radical (unpaired) electrons. The van der Waals surface area contributed by atoms with Gasteiger partial charge in [-0.1, -0.05) is 36.4 Å². The maximum absolute atomic E-state index is 16.0. The molecule has 48 heavy (non-hydrogen) atoms. The largest absolute Gasteiger partial charge is 0.497 e. The van der Waals surface area contributed by atoms with Gasteiger partial charge in [0.15, 0.2) is 0 Å². The first-order valence-corrected chi connectivity index (χ1v) is 15.0. The standard InChI is InChI=1S/C35H34F3N5O5/c1-33(2,3)48-32(45)40-27-17-35(37,38)25-16-26(36)24(29-41-42-31(47-29)34(4,5)19-39)15-28(25)43(30(27)44)18-20-7-9-21(10-8-20)22-11-13-23(46-6)14-12-22/h7-16,27H,17-18H2,1-6H3,(H,40,45)/t27-/m0/s1. The van der Waals surface area contributed by atoms with Crippen LogP contribution in [0.4, 0.5) is 23.7 Å². The van der Waals surface area contributed by atoms with Gasteiger partial charge in [-0.2, -0.15) is 5.26 Å². The van der Waals surface area contributed by atoms with Crippen molar-refractivity contribution in [1.29, 1.82) is 5.26 Å². The number of alkyl halides is 2. The molecule has 0 spiro atoms. The zero-order valence-electron chi connectivity index (χ0n) is 27.2. The van der Waals surface area contributed by atoms with E-state index in [9.17, 15) is 14.9 Å². The van der Waals surface area contributed by atoms with Crippen molar-refractivity contribution in [3.05, 3.63) is 83.5 Å². The maximum atomic E-state index is 16.0. The molecule has 0 aliphatic carbocycles. The highest BCUT2D eigenvalue weighted by Crippen LogP contribution is 2.45. The van der Waals surface area contributed by atoms with E-state index in [1.807, 2.05) is 42.5 Å². The minimum atomic E-state index is -3.76. The number of fused-ring (bicyclic) bond motifs is 1. The van der Waals surface area contributed by atoms with Crippen LogP contribution in [0.15, 0.2) is 65.1 Å². The SMILES string of the molecule is COc1ccc(-c2ccc(CN3C(=O)[C@@H](NC(=O)OC(C)(C)C)CC(F)(F)c4cc(F)c(-c5nnc(C(C)(C)C#N)o5)cc43)cc2)cc1. The number of hydrogen-bond acceptors (Lipinski definition) is 8. The predicted octanol–water partition coefficient (Wildman–Crippen LogP) is 7.27. The second-order valence-electron chi connectivity index (χ2n) is 13.0. The fourth-order valence-electron chi connectivity index (χ4n) is 5.13. The van der Waals surface area contributed by atoms with E-state index < -0.39 is 52.8 Å². The third-order valence-electron chi connectivity index (χ3n) is 7.67. The van der Waals surface area contributed by atoms with Gasteiger partial charge >= 0.3 is 6.09 Å². The Morgan fingerprint density at radius 1 is 1.06 bits per heavy atom. The Morgan fingerprint density at radius 3 is 2.27 bits per heavy atom. The van der Waals surface area contributed by atoms with Crippen LogP contribution < -0.4 is 15.0 Å². The summed E-state index contributed by atoms with van der Waals surface area (Å²) in [6, 6.07) is 16.5. The van der Waals surface area contributed by atoms with Gasteiger partial charge in [0, 0.05) is 12.0 Å². The lowest BCUT2D eigenvalue weighted by Crippen LogP contribution is -2.49. The lowest BCUT2D eigenvalue weighted by Gasteiger charge is -2.27. The van der Waals surface area contributed by atoms with Crippen molar-refractivity contribution in [2.75, 3.05) is 12.0 Å². The van der Waals surface area contributed by atoms with Crippen LogP contribution in [0.1, 0.15) is 58.1 Å². The summed E-state index contributed by atoms with van der Waals surface area (Å²) in [6.07, 6.45) is -2.21. The summed E-state index contributed by atoms with van der Waals surface area (Å²) in [6.45, 7) is 7.63. The van der Waals surface area contributed by atoms with E-state index in [0.717, 1.165) is 22.1 Å². The van der Waals surface area contributed by atoms with E-state index >= 15 is 13.2 Å². The number of ether oxygens (including phenoxy) is 2. The number of anilines is 1. The molecule has 0 saturated heterocycles. The number of alkyl carbamates (subject to hydrolysis) is 1. The molecular formula is C35H34F3N5O5. The van der Waals surface area contributed by atoms with Crippen LogP contribution in [0.2, 0.25) is 0 Å². The molecule has 2 heterocycles. The van der Waals surface area contributed by atoms with Crippen LogP contribution in [0.25, 0.3) is 22.6 Å². The van der Waals surface area contributed by atoms with E-state index in [2.05, 4.69) is 15.5 Å². The fraction of sp³-hybridized carbons (Fsp3) is 0.343. The van der Waals surface area contributed by atoms with Crippen molar-refractivity contribution in [3.8, 4) is 34.4 Å². The van der Waals surface area contributed by atoms with Gasteiger partial charge < -0.3 is 24.1 Å². The Hall–Kier alpha value is -5.38. The number of nitriles is 1. The summed E-state index contributed by atoms with van der Waals surface area (Å²) in [7, 11) is 1.57. The van der Waals surface area contributed by atoms with Crippen LogP contribution in [-0.4, -0.2) is 41.0 Å². The smallest absolute Gasteiger partial charge is 0.408 e. The number of carbonyl (C=O) groups is 2. The number of halogens is 3. The van der Waals surface area contributed by atoms with E-state index in [1.54, 1.807) is 40.0 Å². The molecular weight excluding hydrogens is 627 g/mol. The molecule has 1 aliphatic rings. The third kappa shape index (κ3) is 7.12. The average Bonchev–Trinajstić information content (AvgIpc) is 3.51. The molecule has 10 nitrogen and oxygen atoms in total. The van der Waals surface area contributed by atoms with Crippen LogP contribution in [0.3, 0.4) is 0 Å². The molecule has 4 aromatic rings. The first-order chi connectivity index (χ1) is 22.5. The van der Waals surface area contributed by atoms with Gasteiger partial charge in [0.2, 0.25) is 11.8 Å². The fourth-order valence-corrected chi connectivity index (χ4v) is 5.13. The molecule has 1 N–H and O–H groups in total. The van der Waals surface area contributed by atoms with Gasteiger partial charge in [0.05, 0.1) is 31.0 Å². The van der Waals surface area contributed by atoms with Crippen molar-refractivity contribution in [2.45, 2.75) is 70.6 Å². The number of hydrogen-bond donors (Lipinski definition) is 1. The zero-order valence-corrected chi connectivity index (χ0v) is 27.2. The van der Waals surface area contributed by atoms with Crippen molar-refractivity contribution >= 4 is 17.7 Å². The number of benzene rings is 3. The van der Waals surface area contributed by atoms with E-state index in [0.29, 0.717) is 17.4 Å². The topological polar surface area (TPSA) is 131 Å². The molecule has 0 bridgehead atoms. The van der Waals surface area contributed by atoms with Gasteiger partial charge in [-0.3, -0.25) is 4.79 Å². The molecule has 250 valence electrons. The Morgan fingerprint density at radius 2 is 1.69 bits per heavy atom. The normalized spacial score (nSPS) is 16.0. The molecule has 1 aromatic heterocycles. The summed E-state index contributed by atoms with van der Waals surface area (Å²) in [4.78, 5) is 27.8. The van der Waals surface area contributed by atoms with Crippen LogP contribution in [0.5, 0.6) is 5.75 Å². The summed E-state index contributed by atoms with van der Waals surface area (Å²) in [5.41, 5.74) is -1.27. The highest BCUT2D eigenvalue weighted by molar-refractivity contribution is 6.01. The van der Waals surface area contributed by atoms with E-state index in [1.165, 1.54) is 13.8 Å². The number of nitrogens with one attached hydrogen (secondary N) is 1. The summed E-state index contributed by atoms with van der Waals surface area (Å²) in [5, 5.41) is 19.5. The quantitative estimate of drug-likeness (QED) is 0.219. The highest BCUT2D eigenvalue weighted by atomic mass is 19.3. The van der Waals surface area contributed by atoms with Crippen LogP contribution in [-0.2, 0) is 27.4 Å². The van der Waals surface area contributed by atoms with Gasteiger partial charge in [-0.05, 0) is 75.6 Å². The lowest BCUT2D eigenvalue weighted by atomic mass is 9.96. The van der Waals surface area contributed by atoms with E-state index in [4.69, 9.17) is 13.9 Å². The molecule has 0 unspecified atom stereocenters. The number of nitrogens with zero attached hydrogens (tertiary/aromatic N) is 4. The van der Waals surface area contributed by atoms with Gasteiger partial charge in [-0.25, -0.2) is 18.0 Å². The monoisotopic (exact) mass is 661 g/mol. The average molecular weight is 662 g/mol. The van der Waals surface area contributed by atoms with Crippen molar-refractivity contribution in [3.63, 3.8) is 0 Å². The van der Waals surface area contributed by atoms with Crippen molar-refractivity contribution < 1.29 is 36.7 Å². The van der Waals surface area contributed by atoms with Crippen LogP contribution in [0, 0.1) is 17.1 Å². The predicted molar refractivity (Wildman–Crippen MR) is 170 cm³/mol. The first kappa shape index (κ1) is 34.0. The van der Waals surface area contributed by atoms with Crippen molar-refractivity contribution in [2.24, 2.45) is 0 Å². The second-order valence-corrected chi connectivity index (χ2v) is 13.0. The number of methoxy groups -OCH3 is 1. The number of carbonyl (C=O) groups excluding carboxylic acids is 2. The molecule has 5 rings (SSSR count). The lowest BCUT2D eigenvalue weighted by molar-refractivity contribution is -0.123. The Balaban J connectivity index is 1.58. The molecule has 0 saturated carbocycles. The minimum absolute atomic E-state index is 0.105. The number of rotatable bonds is 7. The molecule has 3 aromatic carbocycles. The van der Waals surface area contributed by atoms with E-state index in [-0.39, 0.29) is 29.6 Å². The third-order valence-corrected chi connectivity index (χ3v) is 7.67. The number of aromatic nitrogens is 2. The van der Waals surface area contributed by atoms with Gasteiger partial charge in [0.25, 0.3) is 11.8 Å². The van der Waals surface area contributed by atoms with Crippen molar-refractivity contribution in [1.82, 2.24) is 15.5 Å². The summed E-state index contributed by atoms with van der Waals surface area (Å²) >= 11 is 0. The Labute approximate surface area is 275 Å². The maximum Gasteiger partial charge on any atom is 0.408 e. The summed E-state index contributed by atoms with van der Waals surface area (Å²) < 4.78 is 63.6. The molecule has 2 amide bonds. The minimum Gasteiger partial charge on any atom is -0.497 e.